The summed E-state index contributed by atoms with van der Waals surface area (Å²) in [4.78, 5) is 51.1. The maximum absolute atomic E-state index is 12.8. The molecule has 8 nitrogen and oxygen atoms in total. The highest BCUT2D eigenvalue weighted by atomic mass is 16.5. The smallest absolute Gasteiger partial charge is 0.237 e. The maximum atomic E-state index is 12.8. The molecule has 2 unspecified atom stereocenters. The number of rotatable bonds is 6. The summed E-state index contributed by atoms with van der Waals surface area (Å²) in [7, 11) is 1.56. The van der Waals surface area contributed by atoms with Crippen LogP contribution in [0.25, 0.3) is 0 Å². The fraction of sp³-hybridized carbons (Fsp3) is 0.360. The monoisotopic (exact) mass is 449 g/mol. The molecule has 2 aliphatic rings. The van der Waals surface area contributed by atoms with Gasteiger partial charge >= 0.3 is 0 Å². The molecule has 0 spiro atoms. The fourth-order valence-electron chi connectivity index (χ4n) is 4.59. The molecule has 0 saturated carbocycles. The summed E-state index contributed by atoms with van der Waals surface area (Å²) >= 11 is 0. The first-order chi connectivity index (χ1) is 15.9. The van der Waals surface area contributed by atoms with Crippen LogP contribution in [0.4, 0.5) is 11.4 Å². The second-order valence-corrected chi connectivity index (χ2v) is 8.49. The molecule has 2 saturated heterocycles. The highest BCUT2D eigenvalue weighted by molar-refractivity contribution is 6.04. The Morgan fingerprint density at radius 3 is 2.61 bits per heavy atom. The Labute approximate surface area is 192 Å². The number of amides is 4. The van der Waals surface area contributed by atoms with E-state index in [0.717, 1.165) is 5.56 Å². The summed E-state index contributed by atoms with van der Waals surface area (Å²) in [6.45, 7) is 2.22. The normalized spacial score (nSPS) is 22.8. The number of hydrogen-bond acceptors (Lipinski definition) is 5. The van der Waals surface area contributed by atoms with Crippen molar-refractivity contribution in [1.82, 2.24) is 5.32 Å². The third-order valence-corrected chi connectivity index (χ3v) is 6.64. The minimum atomic E-state index is -0.744. The van der Waals surface area contributed by atoms with Crippen molar-refractivity contribution in [3.05, 3.63) is 54.1 Å². The van der Waals surface area contributed by atoms with Gasteiger partial charge in [0, 0.05) is 36.8 Å². The van der Waals surface area contributed by atoms with Gasteiger partial charge in [-0.1, -0.05) is 25.1 Å². The number of ether oxygens (including phenoxy) is 1. The van der Waals surface area contributed by atoms with Crippen LogP contribution in [-0.2, 0) is 24.6 Å². The van der Waals surface area contributed by atoms with Crippen LogP contribution in [0.15, 0.2) is 48.5 Å². The van der Waals surface area contributed by atoms with Crippen molar-refractivity contribution in [2.24, 2.45) is 5.92 Å². The molecule has 8 heteroatoms. The molecule has 4 amide bonds. The zero-order valence-corrected chi connectivity index (χ0v) is 18.7. The quantitative estimate of drug-likeness (QED) is 0.660. The zero-order chi connectivity index (χ0) is 23.6. The molecule has 2 aromatic rings. The van der Waals surface area contributed by atoms with Gasteiger partial charge in [-0.25, -0.2) is 0 Å². The second-order valence-electron chi connectivity index (χ2n) is 8.49. The summed E-state index contributed by atoms with van der Waals surface area (Å²) in [6, 6.07) is 14.3. The first kappa shape index (κ1) is 22.5. The van der Waals surface area contributed by atoms with Crippen molar-refractivity contribution in [3.8, 4) is 5.75 Å². The van der Waals surface area contributed by atoms with Gasteiger partial charge in [0.25, 0.3) is 0 Å². The molecule has 0 aromatic heterocycles. The molecule has 172 valence electrons. The van der Waals surface area contributed by atoms with Crippen LogP contribution < -0.4 is 20.3 Å². The maximum Gasteiger partial charge on any atom is 0.237 e. The van der Waals surface area contributed by atoms with E-state index in [1.165, 1.54) is 0 Å². The Morgan fingerprint density at radius 1 is 1.18 bits per heavy atom. The fourth-order valence-corrected chi connectivity index (χ4v) is 4.59. The van der Waals surface area contributed by atoms with Crippen LogP contribution in [-0.4, -0.2) is 37.3 Å². The van der Waals surface area contributed by atoms with Crippen LogP contribution in [0.1, 0.15) is 38.2 Å². The lowest BCUT2D eigenvalue weighted by atomic mass is 9.72. The predicted octanol–water partition coefficient (Wildman–Crippen LogP) is 2.77. The Kier molecular flexibility index (Phi) is 6.18. The van der Waals surface area contributed by atoms with Gasteiger partial charge in [-0.3, -0.25) is 24.5 Å². The molecule has 0 aliphatic carbocycles. The minimum Gasteiger partial charge on any atom is -0.497 e. The molecule has 2 N–H and O–H groups in total. The van der Waals surface area contributed by atoms with E-state index in [0.29, 0.717) is 42.9 Å². The van der Waals surface area contributed by atoms with Crippen molar-refractivity contribution in [3.63, 3.8) is 0 Å². The molecular formula is C25H27N3O5. The third-order valence-electron chi connectivity index (χ3n) is 6.64. The number of nitrogens with zero attached hydrogens (tertiary/aromatic N) is 1. The number of benzene rings is 2. The van der Waals surface area contributed by atoms with Crippen LogP contribution in [0.2, 0.25) is 0 Å². The summed E-state index contributed by atoms with van der Waals surface area (Å²) < 4.78 is 5.22. The number of carbonyl (C=O) groups is 4. The largest absolute Gasteiger partial charge is 0.497 e. The second kappa shape index (κ2) is 9.05. The lowest BCUT2D eigenvalue weighted by molar-refractivity contribution is -0.138. The van der Waals surface area contributed by atoms with E-state index >= 15 is 0 Å². The Balaban J connectivity index is 1.43. The molecule has 2 aromatic carbocycles. The summed E-state index contributed by atoms with van der Waals surface area (Å²) in [5.74, 6) is -0.689. The van der Waals surface area contributed by atoms with Crippen LogP contribution in [0, 0.1) is 5.92 Å². The molecule has 0 bridgehead atoms. The SMILES string of the molecule is CCC1(c2ccc(NC(=O)C3CC(=O)N(c4cccc(OC)c4)C3)cc2)CCC(=O)NC1=O. The highest BCUT2D eigenvalue weighted by Crippen LogP contribution is 2.36. The number of hydrogen-bond donors (Lipinski definition) is 2. The van der Waals surface area contributed by atoms with E-state index < -0.39 is 11.3 Å². The van der Waals surface area contributed by atoms with Crippen molar-refractivity contribution in [2.45, 2.75) is 38.0 Å². The number of piperidine rings is 1. The predicted molar refractivity (Wildman–Crippen MR) is 123 cm³/mol. The molecule has 2 fully saturated rings. The van der Waals surface area contributed by atoms with Crippen LogP contribution in [0.5, 0.6) is 5.75 Å². The van der Waals surface area contributed by atoms with Gasteiger partial charge < -0.3 is 15.0 Å². The standard InChI is InChI=1S/C25H27N3O5/c1-3-25(12-11-21(29)27-24(25)32)17-7-9-18(10-8-17)26-23(31)16-13-22(30)28(15-16)19-5-4-6-20(14-19)33-2/h4-10,14,16H,3,11-13,15H2,1-2H3,(H,26,31)(H,27,29,32). The van der Waals surface area contributed by atoms with Gasteiger partial charge in [0.05, 0.1) is 18.4 Å². The average molecular weight is 450 g/mol. The van der Waals surface area contributed by atoms with E-state index in [9.17, 15) is 19.2 Å². The zero-order valence-electron chi connectivity index (χ0n) is 18.7. The Hall–Kier alpha value is -3.68. The molecule has 2 aliphatic heterocycles. The van der Waals surface area contributed by atoms with Gasteiger partial charge in [0.1, 0.15) is 5.75 Å². The van der Waals surface area contributed by atoms with E-state index in [2.05, 4.69) is 10.6 Å². The van der Waals surface area contributed by atoms with E-state index in [-0.39, 0.29) is 30.0 Å². The molecule has 33 heavy (non-hydrogen) atoms. The first-order valence-corrected chi connectivity index (χ1v) is 11.1. The van der Waals surface area contributed by atoms with Crippen molar-refractivity contribution in [2.75, 3.05) is 23.9 Å². The van der Waals surface area contributed by atoms with E-state index in [1.807, 2.05) is 31.2 Å². The third kappa shape index (κ3) is 4.33. The van der Waals surface area contributed by atoms with Crippen LogP contribution in [0.3, 0.4) is 0 Å². The van der Waals surface area contributed by atoms with Crippen molar-refractivity contribution in [1.29, 1.82) is 0 Å². The molecule has 0 radical (unpaired) electrons. The lowest BCUT2D eigenvalue weighted by Gasteiger charge is -2.35. The lowest BCUT2D eigenvalue weighted by Crippen LogP contribution is -2.51. The number of methoxy groups -OCH3 is 1. The topological polar surface area (TPSA) is 105 Å². The number of nitrogens with one attached hydrogen (secondary N) is 2. The molecule has 2 atom stereocenters. The summed E-state index contributed by atoms with van der Waals surface area (Å²) in [6.07, 6.45) is 1.47. The Bertz CT molecular complexity index is 1100. The minimum absolute atomic E-state index is 0.110. The van der Waals surface area contributed by atoms with Gasteiger partial charge in [-0.15, -0.1) is 0 Å². The molecular weight excluding hydrogens is 422 g/mol. The highest BCUT2D eigenvalue weighted by Gasteiger charge is 2.42. The molecule has 4 rings (SSSR count). The summed E-state index contributed by atoms with van der Waals surface area (Å²) in [5, 5.41) is 5.32. The Morgan fingerprint density at radius 2 is 1.94 bits per heavy atom. The molecule has 2 heterocycles. The van der Waals surface area contributed by atoms with Gasteiger partial charge in [0.15, 0.2) is 0 Å². The van der Waals surface area contributed by atoms with Gasteiger partial charge in [-0.2, -0.15) is 0 Å². The number of imide groups is 1. The van der Waals surface area contributed by atoms with Crippen LogP contribution >= 0.6 is 0 Å². The van der Waals surface area contributed by atoms with E-state index in [4.69, 9.17) is 4.74 Å². The first-order valence-electron chi connectivity index (χ1n) is 11.1. The van der Waals surface area contributed by atoms with Gasteiger partial charge in [-0.05, 0) is 42.7 Å². The van der Waals surface area contributed by atoms with Gasteiger partial charge in [0.2, 0.25) is 23.6 Å². The van der Waals surface area contributed by atoms with Crippen molar-refractivity contribution < 1.29 is 23.9 Å². The summed E-state index contributed by atoms with van der Waals surface area (Å²) in [5.41, 5.74) is 1.36. The average Bonchev–Trinajstić information content (AvgIpc) is 3.22. The number of carbonyl (C=O) groups excluding carboxylic acids is 4. The van der Waals surface area contributed by atoms with Crippen molar-refractivity contribution >= 4 is 35.0 Å². The van der Waals surface area contributed by atoms with E-state index in [1.54, 1.807) is 36.3 Å². The number of anilines is 2.